The Hall–Kier alpha value is -1.36. The van der Waals surface area contributed by atoms with E-state index in [-0.39, 0.29) is 12.3 Å². The van der Waals surface area contributed by atoms with Crippen molar-refractivity contribution in [3.05, 3.63) is 24.3 Å². The number of hydrogen-bond acceptors (Lipinski definition) is 2. The second-order valence-corrected chi connectivity index (χ2v) is 3.03. The number of anilines is 1. The summed E-state index contributed by atoms with van der Waals surface area (Å²) in [6.45, 7) is -0.263. The highest BCUT2D eigenvalue weighted by atomic mass is 32.1. The molecular weight excluding hydrogens is 203 g/mol. The first-order chi connectivity index (χ1) is 6.72. The predicted molar refractivity (Wildman–Crippen MR) is 58.3 cm³/mol. The zero-order valence-electron chi connectivity index (χ0n) is 7.46. The monoisotopic (exact) mass is 214 g/mol. The summed E-state index contributed by atoms with van der Waals surface area (Å²) in [5.41, 5.74) is 0.749. The van der Waals surface area contributed by atoms with Gasteiger partial charge in [-0.1, -0.05) is 0 Å². The fourth-order valence-electron chi connectivity index (χ4n) is 0.881. The van der Waals surface area contributed by atoms with E-state index >= 15 is 0 Å². The molecule has 3 N–H and O–H groups in total. The van der Waals surface area contributed by atoms with Gasteiger partial charge in [0.05, 0.1) is 0 Å². The molecule has 14 heavy (non-hydrogen) atoms. The van der Waals surface area contributed by atoms with Gasteiger partial charge in [0.1, 0.15) is 12.4 Å². The maximum Gasteiger partial charge on any atom is 0.170 e. The van der Waals surface area contributed by atoms with Crippen molar-refractivity contribution in [3.8, 4) is 5.75 Å². The molecule has 0 aromatic heterocycles. The lowest BCUT2D eigenvalue weighted by Crippen LogP contribution is -2.29. The van der Waals surface area contributed by atoms with Crippen LogP contribution in [0, 0.1) is 0 Å². The van der Waals surface area contributed by atoms with Gasteiger partial charge >= 0.3 is 0 Å². The zero-order chi connectivity index (χ0) is 10.4. The number of benzene rings is 1. The van der Waals surface area contributed by atoms with E-state index in [0.29, 0.717) is 5.11 Å². The van der Waals surface area contributed by atoms with Gasteiger partial charge in [-0.3, -0.25) is 0 Å². The van der Waals surface area contributed by atoms with E-state index < -0.39 is 6.67 Å². The second kappa shape index (κ2) is 5.39. The average molecular weight is 214 g/mol. The number of alkyl halides is 1. The van der Waals surface area contributed by atoms with Gasteiger partial charge in [-0.25, -0.2) is 4.39 Å². The quantitative estimate of drug-likeness (QED) is 0.529. The summed E-state index contributed by atoms with van der Waals surface area (Å²) in [7, 11) is 0. The molecule has 3 nitrogen and oxygen atoms in total. The van der Waals surface area contributed by atoms with Gasteiger partial charge in [0.25, 0.3) is 0 Å². The van der Waals surface area contributed by atoms with Crippen LogP contribution < -0.4 is 10.6 Å². The molecule has 0 radical (unpaired) electrons. The Morgan fingerprint density at radius 3 is 2.57 bits per heavy atom. The fraction of sp³-hybridized carbons (Fsp3) is 0.222. The molecule has 0 saturated heterocycles. The topological polar surface area (TPSA) is 44.3 Å². The second-order valence-electron chi connectivity index (χ2n) is 2.62. The number of nitrogens with one attached hydrogen (secondary N) is 2. The Morgan fingerprint density at radius 2 is 2.00 bits per heavy atom. The normalized spacial score (nSPS) is 9.50. The van der Waals surface area contributed by atoms with Crippen LogP contribution in [0.5, 0.6) is 5.75 Å². The van der Waals surface area contributed by atoms with Crippen LogP contribution in [0.15, 0.2) is 24.3 Å². The molecule has 0 fully saturated rings. The summed E-state index contributed by atoms with van der Waals surface area (Å²) in [5.74, 6) is 0.193. The van der Waals surface area contributed by atoms with Crippen molar-refractivity contribution >= 4 is 23.0 Å². The lowest BCUT2D eigenvalue weighted by molar-refractivity contribution is 0.475. The van der Waals surface area contributed by atoms with E-state index in [9.17, 15) is 4.39 Å². The molecule has 0 amide bonds. The van der Waals surface area contributed by atoms with Crippen LogP contribution in [0.4, 0.5) is 10.1 Å². The molecule has 0 heterocycles. The standard InChI is InChI=1S/C9H11FN2OS/c10-5-6-11-9(14)12-7-1-3-8(13)4-2-7/h1-4,13H,5-6H2,(H2,11,12,14). The lowest BCUT2D eigenvalue weighted by Gasteiger charge is -2.08. The molecule has 0 atom stereocenters. The van der Waals surface area contributed by atoms with E-state index in [1.54, 1.807) is 24.3 Å². The highest BCUT2D eigenvalue weighted by Crippen LogP contribution is 2.13. The van der Waals surface area contributed by atoms with E-state index in [2.05, 4.69) is 10.6 Å². The maximum atomic E-state index is 11.8. The Balaban J connectivity index is 2.44. The third kappa shape index (κ3) is 3.57. The molecular formula is C9H11FN2OS. The minimum absolute atomic E-state index is 0.193. The van der Waals surface area contributed by atoms with Gasteiger partial charge in [-0.05, 0) is 36.5 Å². The molecule has 76 valence electrons. The summed E-state index contributed by atoms with van der Waals surface area (Å²) < 4.78 is 11.8. The number of rotatable bonds is 3. The zero-order valence-corrected chi connectivity index (χ0v) is 8.27. The van der Waals surface area contributed by atoms with Crippen LogP contribution in [0.25, 0.3) is 0 Å². The van der Waals surface area contributed by atoms with Gasteiger partial charge in [0, 0.05) is 12.2 Å². The molecule has 0 aliphatic heterocycles. The number of thiocarbonyl (C=S) groups is 1. The average Bonchev–Trinajstić information content (AvgIpc) is 2.18. The Morgan fingerprint density at radius 1 is 1.36 bits per heavy atom. The Bertz CT molecular complexity index is 302. The van der Waals surface area contributed by atoms with E-state index in [1.807, 2.05) is 0 Å². The molecule has 0 aliphatic carbocycles. The van der Waals surface area contributed by atoms with Crippen LogP contribution in [0.1, 0.15) is 0 Å². The Labute approximate surface area is 86.9 Å². The van der Waals surface area contributed by atoms with Crippen LogP contribution in [0.2, 0.25) is 0 Å². The van der Waals surface area contributed by atoms with Gasteiger partial charge in [-0.2, -0.15) is 0 Å². The molecule has 0 saturated carbocycles. The molecule has 0 aliphatic rings. The molecule has 1 aromatic carbocycles. The van der Waals surface area contributed by atoms with Gasteiger partial charge < -0.3 is 15.7 Å². The minimum atomic E-state index is -0.461. The van der Waals surface area contributed by atoms with E-state index in [4.69, 9.17) is 17.3 Å². The van der Waals surface area contributed by atoms with Crippen molar-refractivity contribution in [2.45, 2.75) is 0 Å². The number of halogens is 1. The van der Waals surface area contributed by atoms with E-state index in [0.717, 1.165) is 5.69 Å². The van der Waals surface area contributed by atoms with Crippen molar-refractivity contribution in [1.29, 1.82) is 0 Å². The van der Waals surface area contributed by atoms with Crippen LogP contribution in [-0.2, 0) is 0 Å². The lowest BCUT2D eigenvalue weighted by atomic mass is 10.3. The van der Waals surface area contributed by atoms with Gasteiger partial charge in [0.2, 0.25) is 0 Å². The van der Waals surface area contributed by atoms with Crippen LogP contribution in [0.3, 0.4) is 0 Å². The van der Waals surface area contributed by atoms with Crippen LogP contribution >= 0.6 is 12.2 Å². The summed E-state index contributed by atoms with van der Waals surface area (Å²) in [4.78, 5) is 0. The van der Waals surface area contributed by atoms with Crippen molar-refractivity contribution in [2.24, 2.45) is 0 Å². The number of phenols is 1. The molecule has 1 rings (SSSR count). The summed E-state index contributed by atoms with van der Waals surface area (Å²) >= 11 is 4.88. The van der Waals surface area contributed by atoms with Gasteiger partial charge in [-0.15, -0.1) is 0 Å². The number of aromatic hydroxyl groups is 1. The highest BCUT2D eigenvalue weighted by molar-refractivity contribution is 7.80. The SMILES string of the molecule is Oc1ccc(NC(=S)NCCF)cc1. The predicted octanol–water partition coefficient (Wildman–Crippen LogP) is 1.65. The Kier molecular flexibility index (Phi) is 4.12. The minimum Gasteiger partial charge on any atom is -0.508 e. The third-order valence-corrected chi connectivity index (χ3v) is 1.75. The number of hydrogen-bond donors (Lipinski definition) is 3. The molecule has 5 heteroatoms. The van der Waals surface area contributed by atoms with Crippen molar-refractivity contribution in [3.63, 3.8) is 0 Å². The van der Waals surface area contributed by atoms with Gasteiger partial charge in [0.15, 0.2) is 5.11 Å². The molecule has 0 bridgehead atoms. The number of phenolic OH excluding ortho intramolecular Hbond substituents is 1. The van der Waals surface area contributed by atoms with Crippen LogP contribution in [-0.4, -0.2) is 23.4 Å². The fourth-order valence-corrected chi connectivity index (χ4v) is 1.10. The van der Waals surface area contributed by atoms with E-state index in [1.165, 1.54) is 0 Å². The smallest absolute Gasteiger partial charge is 0.170 e. The van der Waals surface area contributed by atoms with Crippen molar-refractivity contribution < 1.29 is 9.50 Å². The third-order valence-electron chi connectivity index (χ3n) is 1.51. The van der Waals surface area contributed by atoms with Crippen molar-refractivity contribution in [2.75, 3.05) is 18.5 Å². The molecule has 0 unspecified atom stereocenters. The largest absolute Gasteiger partial charge is 0.508 e. The first-order valence-corrected chi connectivity index (χ1v) is 4.53. The summed E-state index contributed by atoms with van der Waals surface area (Å²) in [5, 5.41) is 14.9. The van der Waals surface area contributed by atoms with Crippen molar-refractivity contribution in [1.82, 2.24) is 5.32 Å². The maximum absolute atomic E-state index is 11.8. The highest BCUT2D eigenvalue weighted by Gasteiger charge is 1.96. The summed E-state index contributed by atoms with van der Waals surface area (Å²) in [6.07, 6.45) is 0. The first-order valence-electron chi connectivity index (χ1n) is 4.12. The molecule has 1 aromatic rings. The summed E-state index contributed by atoms with van der Waals surface area (Å²) in [6, 6.07) is 6.44. The molecule has 0 spiro atoms. The first kappa shape index (κ1) is 10.7.